The fourth-order valence-corrected chi connectivity index (χ4v) is 4.45. The molecule has 0 aromatic heterocycles. The van der Waals surface area contributed by atoms with Crippen LogP contribution in [0.15, 0.2) is 47.4 Å². The summed E-state index contributed by atoms with van der Waals surface area (Å²) in [4.78, 5) is 2.18. The first-order chi connectivity index (χ1) is 10.9. The van der Waals surface area contributed by atoms with Crippen molar-refractivity contribution in [3.63, 3.8) is 0 Å². The minimum Gasteiger partial charge on any atom is -0.373 e. The van der Waals surface area contributed by atoms with Crippen molar-refractivity contribution in [1.29, 1.82) is 0 Å². The Bertz CT molecular complexity index is 836. The lowest BCUT2D eigenvalue weighted by molar-refractivity contribution is 0.588. The molecule has 0 radical (unpaired) electrons. The van der Waals surface area contributed by atoms with Gasteiger partial charge in [0.2, 0.25) is 0 Å². The van der Waals surface area contributed by atoms with Crippen molar-refractivity contribution in [2.45, 2.75) is 18.2 Å². The van der Waals surface area contributed by atoms with Gasteiger partial charge in [0.05, 0.1) is 16.3 Å². The molecule has 6 heteroatoms. The van der Waals surface area contributed by atoms with Crippen LogP contribution in [0.4, 0.5) is 15.8 Å². The van der Waals surface area contributed by atoms with Gasteiger partial charge < -0.3 is 4.90 Å². The largest absolute Gasteiger partial charge is 0.373 e. The molecule has 4 nitrogen and oxygen atoms in total. The quantitative estimate of drug-likeness (QED) is 0.847. The molecule has 0 bridgehead atoms. The van der Waals surface area contributed by atoms with Gasteiger partial charge in [-0.1, -0.05) is 12.1 Å². The van der Waals surface area contributed by atoms with Crippen LogP contribution in [0, 0.1) is 12.7 Å². The third kappa shape index (κ3) is 2.79. The van der Waals surface area contributed by atoms with Gasteiger partial charge in [0, 0.05) is 20.1 Å². The Labute approximate surface area is 136 Å². The van der Waals surface area contributed by atoms with Crippen LogP contribution >= 0.6 is 0 Å². The topological polar surface area (TPSA) is 40.6 Å². The Balaban J connectivity index is 2.12. The fraction of sp³-hybridized carbons (Fsp3) is 0.294. The van der Waals surface area contributed by atoms with Crippen molar-refractivity contribution < 1.29 is 12.8 Å². The first-order valence-electron chi connectivity index (χ1n) is 7.50. The summed E-state index contributed by atoms with van der Waals surface area (Å²) in [5.74, 6) is -0.403. The minimum atomic E-state index is -3.72. The Kier molecular flexibility index (Phi) is 4.02. The van der Waals surface area contributed by atoms with E-state index in [1.807, 2.05) is 31.3 Å². The number of fused-ring (bicyclic) bond motifs is 1. The van der Waals surface area contributed by atoms with E-state index in [4.69, 9.17) is 0 Å². The zero-order valence-corrected chi connectivity index (χ0v) is 14.0. The van der Waals surface area contributed by atoms with Gasteiger partial charge in [-0.05, 0) is 49.2 Å². The van der Waals surface area contributed by atoms with E-state index in [9.17, 15) is 12.8 Å². The molecule has 3 rings (SSSR count). The van der Waals surface area contributed by atoms with E-state index >= 15 is 0 Å². The van der Waals surface area contributed by atoms with E-state index in [0.717, 1.165) is 18.7 Å². The molecule has 2 aromatic rings. The number of aryl methyl sites for hydroxylation is 1. The molecule has 0 saturated heterocycles. The normalized spacial score (nSPS) is 15.3. The highest BCUT2D eigenvalue weighted by molar-refractivity contribution is 7.92. The summed E-state index contributed by atoms with van der Waals surface area (Å²) in [5, 5.41) is 0. The third-order valence-electron chi connectivity index (χ3n) is 4.13. The number of anilines is 2. The molecule has 0 amide bonds. The molecule has 122 valence electrons. The van der Waals surface area contributed by atoms with Gasteiger partial charge in [0.25, 0.3) is 10.0 Å². The molecule has 0 aliphatic carbocycles. The molecule has 1 heterocycles. The van der Waals surface area contributed by atoms with E-state index in [-0.39, 0.29) is 4.90 Å². The smallest absolute Gasteiger partial charge is 0.264 e. The van der Waals surface area contributed by atoms with Crippen molar-refractivity contribution >= 4 is 21.4 Å². The van der Waals surface area contributed by atoms with Gasteiger partial charge in [-0.15, -0.1) is 0 Å². The van der Waals surface area contributed by atoms with Crippen molar-refractivity contribution in [2.24, 2.45) is 0 Å². The third-order valence-corrected chi connectivity index (χ3v) is 5.94. The highest BCUT2D eigenvalue weighted by Crippen LogP contribution is 2.35. The molecular weight excluding hydrogens is 315 g/mol. The van der Waals surface area contributed by atoms with Gasteiger partial charge in [0.15, 0.2) is 0 Å². The number of hydrogen-bond donors (Lipinski definition) is 0. The van der Waals surface area contributed by atoms with Crippen LogP contribution in [0.1, 0.15) is 12.0 Å². The molecule has 0 fully saturated rings. The summed E-state index contributed by atoms with van der Waals surface area (Å²) in [6.45, 7) is 2.75. The fourth-order valence-electron chi connectivity index (χ4n) is 2.84. The number of nitrogens with zero attached hydrogens (tertiary/aromatic N) is 2. The molecule has 1 aliphatic rings. The number of hydrogen-bond acceptors (Lipinski definition) is 3. The Morgan fingerprint density at radius 1 is 1.04 bits per heavy atom. The Hall–Kier alpha value is -2.08. The second-order valence-corrected chi connectivity index (χ2v) is 7.61. The van der Waals surface area contributed by atoms with Crippen LogP contribution in [0.5, 0.6) is 0 Å². The molecule has 0 N–H and O–H groups in total. The van der Waals surface area contributed by atoms with E-state index in [0.29, 0.717) is 17.8 Å². The zero-order valence-electron chi connectivity index (χ0n) is 13.2. The SMILES string of the molecule is Cc1cc(S(=O)(=O)N2CCCN(C)c3ccccc32)ccc1F. The second kappa shape index (κ2) is 5.85. The average molecular weight is 334 g/mol. The maximum absolute atomic E-state index is 13.5. The van der Waals surface area contributed by atoms with Crippen LogP contribution in [0.2, 0.25) is 0 Å². The van der Waals surface area contributed by atoms with Crippen molar-refractivity contribution in [2.75, 3.05) is 29.3 Å². The molecule has 0 unspecified atom stereocenters. The molecule has 2 aromatic carbocycles. The first kappa shape index (κ1) is 15.8. The summed E-state index contributed by atoms with van der Waals surface area (Å²) in [6.07, 6.45) is 0.727. The van der Waals surface area contributed by atoms with Crippen LogP contribution in [-0.4, -0.2) is 28.6 Å². The Morgan fingerprint density at radius 3 is 2.43 bits per heavy atom. The van der Waals surface area contributed by atoms with Crippen molar-refractivity contribution in [3.8, 4) is 0 Å². The van der Waals surface area contributed by atoms with Gasteiger partial charge >= 0.3 is 0 Å². The van der Waals surface area contributed by atoms with Crippen LogP contribution in [0.25, 0.3) is 0 Å². The number of benzene rings is 2. The van der Waals surface area contributed by atoms with Crippen LogP contribution < -0.4 is 9.21 Å². The van der Waals surface area contributed by atoms with Gasteiger partial charge in [-0.2, -0.15) is 0 Å². The summed E-state index contributed by atoms with van der Waals surface area (Å²) in [7, 11) is -1.77. The molecule has 0 atom stereocenters. The number of sulfonamides is 1. The highest BCUT2D eigenvalue weighted by atomic mass is 32.2. The molecule has 23 heavy (non-hydrogen) atoms. The average Bonchev–Trinajstić information content (AvgIpc) is 2.70. The molecule has 0 saturated carbocycles. The molecule has 1 aliphatic heterocycles. The van der Waals surface area contributed by atoms with Gasteiger partial charge in [-0.3, -0.25) is 4.31 Å². The van der Waals surface area contributed by atoms with E-state index in [1.54, 1.807) is 6.92 Å². The zero-order chi connectivity index (χ0) is 16.6. The minimum absolute atomic E-state index is 0.121. The van der Waals surface area contributed by atoms with Crippen molar-refractivity contribution in [3.05, 3.63) is 53.8 Å². The Morgan fingerprint density at radius 2 is 1.74 bits per heavy atom. The van der Waals surface area contributed by atoms with E-state index in [2.05, 4.69) is 4.90 Å². The van der Waals surface area contributed by atoms with Gasteiger partial charge in [0.1, 0.15) is 5.82 Å². The predicted molar refractivity (Wildman–Crippen MR) is 90.0 cm³/mol. The summed E-state index contributed by atoms with van der Waals surface area (Å²) in [5.41, 5.74) is 1.87. The van der Waals surface area contributed by atoms with Crippen molar-refractivity contribution in [1.82, 2.24) is 0 Å². The first-order valence-corrected chi connectivity index (χ1v) is 8.94. The van der Waals surface area contributed by atoms with Crippen LogP contribution in [0.3, 0.4) is 0 Å². The standard InChI is InChI=1S/C17H19FN2O2S/c1-13-12-14(8-9-15(13)18)23(21,22)20-11-5-10-19(2)16-6-3-4-7-17(16)20/h3-4,6-9,12H,5,10-11H2,1-2H3. The lowest BCUT2D eigenvalue weighted by Gasteiger charge is -2.25. The number of rotatable bonds is 2. The summed E-state index contributed by atoms with van der Waals surface area (Å²) >= 11 is 0. The number of halogens is 1. The molecule has 0 spiro atoms. The maximum atomic E-state index is 13.5. The second-order valence-electron chi connectivity index (χ2n) is 5.75. The van der Waals surface area contributed by atoms with E-state index in [1.165, 1.54) is 22.5 Å². The maximum Gasteiger partial charge on any atom is 0.264 e. The lowest BCUT2D eigenvalue weighted by atomic mass is 10.2. The summed E-state index contributed by atoms with van der Waals surface area (Å²) in [6, 6.07) is 11.4. The highest BCUT2D eigenvalue weighted by Gasteiger charge is 2.29. The number of para-hydroxylation sites is 2. The lowest BCUT2D eigenvalue weighted by Crippen LogP contribution is -2.31. The van der Waals surface area contributed by atoms with Crippen LogP contribution in [-0.2, 0) is 10.0 Å². The predicted octanol–water partition coefficient (Wildman–Crippen LogP) is 3.17. The van der Waals surface area contributed by atoms with E-state index < -0.39 is 15.8 Å². The molecular formula is C17H19FN2O2S. The summed E-state index contributed by atoms with van der Waals surface area (Å²) < 4.78 is 41.0. The monoisotopic (exact) mass is 334 g/mol. The van der Waals surface area contributed by atoms with Gasteiger partial charge in [-0.25, -0.2) is 12.8 Å².